The molecular formula is C26H30N6O2. The number of aryl methyl sites for hydroxylation is 1. The Morgan fingerprint density at radius 2 is 1.53 bits per heavy atom. The summed E-state index contributed by atoms with van der Waals surface area (Å²) in [4.78, 5) is 27.1. The van der Waals surface area contributed by atoms with Crippen molar-refractivity contribution in [2.75, 3.05) is 23.7 Å². The molecule has 0 spiro atoms. The van der Waals surface area contributed by atoms with E-state index < -0.39 is 0 Å². The molecule has 0 unspecified atom stereocenters. The molecule has 5 rings (SSSR count). The fourth-order valence-electron chi connectivity index (χ4n) is 4.71. The van der Waals surface area contributed by atoms with Gasteiger partial charge in [0.2, 0.25) is 5.91 Å². The Morgan fingerprint density at radius 3 is 2.29 bits per heavy atom. The zero-order valence-electron chi connectivity index (χ0n) is 19.2. The van der Waals surface area contributed by atoms with Crippen LogP contribution in [-0.2, 0) is 17.8 Å². The highest BCUT2D eigenvalue weighted by Gasteiger charge is 2.27. The second kappa shape index (κ2) is 10.1. The predicted molar refractivity (Wildman–Crippen MR) is 131 cm³/mol. The number of para-hydroxylation sites is 1. The monoisotopic (exact) mass is 458 g/mol. The van der Waals surface area contributed by atoms with Crippen LogP contribution in [0.4, 0.5) is 16.2 Å². The Bertz CT molecular complexity index is 1130. The van der Waals surface area contributed by atoms with Gasteiger partial charge in [0.15, 0.2) is 5.82 Å². The van der Waals surface area contributed by atoms with Crippen molar-refractivity contribution < 1.29 is 9.59 Å². The minimum Gasteiger partial charge on any atom is -0.326 e. The smallest absolute Gasteiger partial charge is 0.321 e. The number of likely N-dealkylation sites (tertiary alicyclic amines) is 1. The quantitative estimate of drug-likeness (QED) is 0.600. The van der Waals surface area contributed by atoms with E-state index >= 15 is 0 Å². The summed E-state index contributed by atoms with van der Waals surface area (Å²) in [5.41, 5.74) is 2.56. The lowest BCUT2D eigenvalue weighted by atomic mass is 9.96. The summed E-state index contributed by atoms with van der Waals surface area (Å²) >= 11 is 0. The van der Waals surface area contributed by atoms with Gasteiger partial charge >= 0.3 is 6.03 Å². The van der Waals surface area contributed by atoms with Crippen LogP contribution in [0.3, 0.4) is 0 Å². The van der Waals surface area contributed by atoms with Crippen molar-refractivity contribution in [1.82, 2.24) is 19.7 Å². The number of carbonyl (C=O) groups is 2. The Kier molecular flexibility index (Phi) is 6.56. The molecule has 1 aromatic heterocycles. The number of anilines is 2. The Morgan fingerprint density at radius 1 is 0.794 bits per heavy atom. The van der Waals surface area contributed by atoms with Crippen LogP contribution >= 0.6 is 0 Å². The molecule has 0 bridgehead atoms. The summed E-state index contributed by atoms with van der Waals surface area (Å²) in [6.45, 7) is 2.08. The maximum absolute atomic E-state index is 12.8. The molecule has 0 saturated carbocycles. The van der Waals surface area contributed by atoms with Crippen molar-refractivity contribution in [3.63, 3.8) is 0 Å². The molecule has 2 N–H and O–H groups in total. The molecule has 1 saturated heterocycles. The molecule has 2 aliphatic rings. The van der Waals surface area contributed by atoms with Gasteiger partial charge in [-0.05, 0) is 62.1 Å². The maximum atomic E-state index is 12.8. The van der Waals surface area contributed by atoms with E-state index in [0.29, 0.717) is 25.9 Å². The lowest BCUT2D eigenvalue weighted by Crippen LogP contribution is -2.43. The molecule has 176 valence electrons. The molecule has 1 fully saturated rings. The maximum Gasteiger partial charge on any atom is 0.321 e. The normalized spacial score (nSPS) is 16.4. The van der Waals surface area contributed by atoms with Gasteiger partial charge in [0.1, 0.15) is 5.82 Å². The molecule has 8 nitrogen and oxygen atoms in total. The first-order chi connectivity index (χ1) is 16.7. The van der Waals surface area contributed by atoms with E-state index in [9.17, 15) is 9.59 Å². The van der Waals surface area contributed by atoms with Gasteiger partial charge in [-0.2, -0.15) is 0 Å². The minimum atomic E-state index is -0.119. The van der Waals surface area contributed by atoms with Crippen molar-refractivity contribution >= 4 is 23.3 Å². The zero-order chi connectivity index (χ0) is 23.3. The van der Waals surface area contributed by atoms with Crippen LogP contribution in [0, 0.1) is 5.92 Å². The average Bonchev–Trinajstić information content (AvgIpc) is 3.13. The highest BCUT2D eigenvalue weighted by molar-refractivity contribution is 5.93. The van der Waals surface area contributed by atoms with Crippen molar-refractivity contribution in [3.05, 3.63) is 60.4 Å². The van der Waals surface area contributed by atoms with Crippen LogP contribution in [-0.4, -0.2) is 44.7 Å². The van der Waals surface area contributed by atoms with Gasteiger partial charge in [0.05, 0.1) is 0 Å². The van der Waals surface area contributed by atoms with Gasteiger partial charge in [0.25, 0.3) is 0 Å². The van der Waals surface area contributed by atoms with Crippen molar-refractivity contribution in [2.45, 2.75) is 45.1 Å². The first kappa shape index (κ1) is 22.1. The van der Waals surface area contributed by atoms with Crippen molar-refractivity contribution in [2.24, 2.45) is 5.92 Å². The van der Waals surface area contributed by atoms with Crippen LogP contribution in [0.25, 0.3) is 11.4 Å². The summed E-state index contributed by atoms with van der Waals surface area (Å²) < 4.78 is 2.22. The summed E-state index contributed by atoms with van der Waals surface area (Å²) in [6, 6.07) is 17.1. The van der Waals surface area contributed by atoms with Crippen molar-refractivity contribution in [1.29, 1.82) is 0 Å². The van der Waals surface area contributed by atoms with E-state index in [0.717, 1.165) is 48.0 Å². The number of rotatable bonds is 4. The van der Waals surface area contributed by atoms with E-state index in [1.54, 1.807) is 4.90 Å². The number of hydrogen-bond acceptors (Lipinski definition) is 4. The van der Waals surface area contributed by atoms with Gasteiger partial charge < -0.3 is 20.1 Å². The second-order valence-electron chi connectivity index (χ2n) is 9.03. The standard InChI is InChI=1S/C26H30N6O2/c33-25(20-14-17-31(18-15-20)26(34)28-21-7-3-1-4-8-21)27-22-12-10-19(11-13-22)24-30-29-23-9-5-2-6-16-32(23)24/h1,3-4,7-8,10-13,20H,2,5-6,9,14-18H2,(H,27,33)(H,28,34). The number of hydrogen-bond donors (Lipinski definition) is 2. The van der Waals surface area contributed by atoms with E-state index in [1.165, 1.54) is 12.8 Å². The van der Waals surface area contributed by atoms with Gasteiger partial charge in [-0.3, -0.25) is 4.79 Å². The summed E-state index contributed by atoms with van der Waals surface area (Å²) in [6.07, 6.45) is 5.83. The molecule has 3 heterocycles. The zero-order valence-corrected chi connectivity index (χ0v) is 19.2. The van der Waals surface area contributed by atoms with Gasteiger partial charge in [-0.1, -0.05) is 24.6 Å². The number of aromatic nitrogens is 3. The number of piperidine rings is 1. The summed E-state index contributed by atoms with van der Waals surface area (Å²) in [7, 11) is 0. The van der Waals surface area contributed by atoms with Gasteiger partial charge in [0, 0.05) is 48.9 Å². The number of nitrogens with one attached hydrogen (secondary N) is 2. The number of nitrogens with zero attached hydrogens (tertiary/aromatic N) is 4. The Labute approximate surface area is 199 Å². The molecular weight excluding hydrogens is 428 g/mol. The van der Waals surface area contributed by atoms with Crippen LogP contribution in [0.1, 0.15) is 37.9 Å². The fraction of sp³-hybridized carbons (Fsp3) is 0.385. The van der Waals surface area contributed by atoms with Crippen LogP contribution in [0.5, 0.6) is 0 Å². The molecule has 0 atom stereocenters. The number of urea groups is 1. The van der Waals surface area contributed by atoms with Crippen LogP contribution in [0.15, 0.2) is 54.6 Å². The molecule has 2 aromatic carbocycles. The molecule has 3 aromatic rings. The molecule has 0 radical (unpaired) electrons. The third-order valence-corrected chi connectivity index (χ3v) is 6.70. The van der Waals surface area contributed by atoms with E-state index in [1.807, 2.05) is 54.6 Å². The summed E-state index contributed by atoms with van der Waals surface area (Å²) in [5.74, 6) is 1.87. The van der Waals surface area contributed by atoms with Gasteiger partial charge in [-0.25, -0.2) is 4.79 Å². The minimum absolute atomic E-state index is 0.00668. The number of amides is 3. The van der Waals surface area contributed by atoms with Gasteiger partial charge in [-0.15, -0.1) is 10.2 Å². The third kappa shape index (κ3) is 4.95. The fourth-order valence-corrected chi connectivity index (χ4v) is 4.71. The first-order valence-corrected chi connectivity index (χ1v) is 12.1. The molecule has 8 heteroatoms. The number of fused-ring (bicyclic) bond motifs is 1. The lowest BCUT2D eigenvalue weighted by molar-refractivity contribution is -0.121. The molecule has 34 heavy (non-hydrogen) atoms. The largest absolute Gasteiger partial charge is 0.326 e. The van der Waals surface area contributed by atoms with E-state index in [-0.39, 0.29) is 17.9 Å². The third-order valence-electron chi connectivity index (χ3n) is 6.70. The highest BCUT2D eigenvalue weighted by atomic mass is 16.2. The Hall–Kier alpha value is -3.68. The first-order valence-electron chi connectivity index (χ1n) is 12.1. The number of carbonyl (C=O) groups excluding carboxylic acids is 2. The average molecular weight is 459 g/mol. The Balaban J connectivity index is 1.14. The SMILES string of the molecule is O=C(Nc1ccc(-c2nnc3n2CCCCC3)cc1)C1CCN(C(=O)Nc2ccccc2)CC1. The molecule has 2 aliphatic heterocycles. The predicted octanol–water partition coefficient (Wildman–Crippen LogP) is 4.55. The number of benzene rings is 2. The second-order valence-corrected chi connectivity index (χ2v) is 9.03. The highest BCUT2D eigenvalue weighted by Crippen LogP contribution is 2.25. The van der Waals surface area contributed by atoms with Crippen molar-refractivity contribution in [3.8, 4) is 11.4 Å². The lowest BCUT2D eigenvalue weighted by Gasteiger charge is -2.31. The molecule has 0 aliphatic carbocycles. The topological polar surface area (TPSA) is 92.2 Å². The van der Waals surface area contributed by atoms with Crippen LogP contribution < -0.4 is 10.6 Å². The summed E-state index contributed by atoms with van der Waals surface area (Å²) in [5, 5.41) is 14.7. The van der Waals surface area contributed by atoms with E-state index in [2.05, 4.69) is 25.4 Å². The van der Waals surface area contributed by atoms with Crippen LogP contribution in [0.2, 0.25) is 0 Å². The van der Waals surface area contributed by atoms with E-state index in [4.69, 9.17) is 0 Å². The molecule has 3 amide bonds.